The molecule has 2 amide bonds. The number of rotatable bonds is 5. The van der Waals surface area contributed by atoms with E-state index in [1.54, 1.807) is 30.5 Å². The van der Waals surface area contributed by atoms with Crippen LogP contribution >= 0.6 is 11.6 Å². The molecule has 2 aromatic heterocycles. The van der Waals surface area contributed by atoms with Crippen LogP contribution in [0, 0.1) is 17.8 Å². The maximum absolute atomic E-state index is 12.9. The molecule has 6 nitrogen and oxygen atoms in total. The van der Waals surface area contributed by atoms with Crippen LogP contribution in [0.15, 0.2) is 36.7 Å². The zero-order chi connectivity index (χ0) is 19.5. The third-order valence-corrected chi connectivity index (χ3v) is 6.12. The molecule has 0 radical (unpaired) electrons. The number of ketones is 1. The number of halogens is 1. The van der Waals surface area contributed by atoms with Gasteiger partial charge in [-0.1, -0.05) is 30.9 Å². The Morgan fingerprint density at radius 1 is 0.929 bits per heavy atom. The van der Waals surface area contributed by atoms with Crippen LogP contribution in [0.5, 0.6) is 0 Å². The zero-order valence-corrected chi connectivity index (χ0v) is 16.3. The first-order valence-electron chi connectivity index (χ1n) is 9.78. The number of Topliss-reactive ketones (excluding diaryl/α,β-unsaturated/α-hetero) is 1. The van der Waals surface area contributed by atoms with Crippen LogP contribution in [0.25, 0.3) is 0 Å². The molecule has 4 rings (SSSR count). The number of carbonyl (C=O) groups excluding carboxylic acids is 2. The summed E-state index contributed by atoms with van der Waals surface area (Å²) in [6.45, 7) is 0. The van der Waals surface area contributed by atoms with Crippen LogP contribution in [-0.2, 0) is 0 Å². The van der Waals surface area contributed by atoms with Crippen LogP contribution in [0.4, 0.5) is 16.2 Å². The van der Waals surface area contributed by atoms with Crippen molar-refractivity contribution in [2.24, 2.45) is 17.8 Å². The van der Waals surface area contributed by atoms with E-state index in [-0.39, 0.29) is 11.7 Å². The molecular weight excluding hydrogens is 376 g/mol. The molecule has 0 spiro atoms. The standard InChI is InChI=1S/C21H23ClN4O2/c22-19-12-17(7-9-24-19)26-21(28)25-16-6-8-23-18(11-16)20(27)15-5-4-14(10-15)13-2-1-3-13/h6-9,11-15H,1-5,10H2,(H2,23,24,25,26,28). The van der Waals surface area contributed by atoms with Gasteiger partial charge < -0.3 is 10.6 Å². The first-order chi connectivity index (χ1) is 13.6. The number of amides is 2. The number of hydrogen-bond acceptors (Lipinski definition) is 4. The third-order valence-electron chi connectivity index (χ3n) is 5.92. The van der Waals surface area contributed by atoms with Gasteiger partial charge in [0.15, 0.2) is 5.78 Å². The second kappa shape index (κ2) is 8.27. The SMILES string of the molecule is O=C(Nc1ccnc(Cl)c1)Nc1ccnc(C(=O)C2CCC(C3CCC3)C2)c1. The summed E-state index contributed by atoms with van der Waals surface area (Å²) in [6, 6.07) is 6.10. The van der Waals surface area contributed by atoms with Gasteiger partial charge in [0.1, 0.15) is 10.8 Å². The molecule has 2 aromatic rings. The highest BCUT2D eigenvalue weighted by atomic mass is 35.5. The normalized spacial score (nSPS) is 21.8. The average molecular weight is 399 g/mol. The topological polar surface area (TPSA) is 84.0 Å². The summed E-state index contributed by atoms with van der Waals surface area (Å²) < 4.78 is 0. The summed E-state index contributed by atoms with van der Waals surface area (Å²) in [7, 11) is 0. The lowest BCUT2D eigenvalue weighted by Crippen LogP contribution is -2.21. The lowest BCUT2D eigenvalue weighted by atomic mass is 9.75. The summed E-state index contributed by atoms with van der Waals surface area (Å²) in [6.07, 6.45) is 10.1. The van der Waals surface area contributed by atoms with E-state index in [0.29, 0.717) is 28.1 Å². The van der Waals surface area contributed by atoms with Gasteiger partial charge in [-0.2, -0.15) is 0 Å². The van der Waals surface area contributed by atoms with Gasteiger partial charge >= 0.3 is 6.03 Å². The highest BCUT2D eigenvalue weighted by molar-refractivity contribution is 6.29. The van der Waals surface area contributed by atoms with E-state index in [4.69, 9.17) is 11.6 Å². The Morgan fingerprint density at radius 3 is 2.32 bits per heavy atom. The fraction of sp³-hybridized carbons (Fsp3) is 0.429. The lowest BCUT2D eigenvalue weighted by Gasteiger charge is -2.31. The zero-order valence-electron chi connectivity index (χ0n) is 15.5. The molecule has 0 aromatic carbocycles. The molecule has 0 saturated heterocycles. The minimum absolute atomic E-state index is 0.0566. The Kier molecular flexibility index (Phi) is 5.57. The molecular formula is C21H23ClN4O2. The van der Waals surface area contributed by atoms with Gasteiger partial charge in [0.2, 0.25) is 0 Å². The maximum Gasteiger partial charge on any atom is 0.323 e. The van der Waals surface area contributed by atoms with Crippen molar-refractivity contribution in [3.8, 4) is 0 Å². The molecule has 2 unspecified atom stereocenters. The van der Waals surface area contributed by atoms with E-state index < -0.39 is 6.03 Å². The molecule has 0 bridgehead atoms. The minimum Gasteiger partial charge on any atom is -0.308 e. The van der Waals surface area contributed by atoms with Crippen molar-refractivity contribution >= 4 is 34.8 Å². The van der Waals surface area contributed by atoms with Crippen molar-refractivity contribution in [3.63, 3.8) is 0 Å². The van der Waals surface area contributed by atoms with Crippen molar-refractivity contribution in [1.82, 2.24) is 9.97 Å². The van der Waals surface area contributed by atoms with Gasteiger partial charge in [-0.15, -0.1) is 0 Å². The van der Waals surface area contributed by atoms with Crippen molar-refractivity contribution in [1.29, 1.82) is 0 Å². The number of nitrogens with zero attached hydrogens (tertiary/aromatic N) is 2. The van der Waals surface area contributed by atoms with Crippen molar-refractivity contribution in [3.05, 3.63) is 47.5 Å². The Balaban J connectivity index is 1.37. The number of urea groups is 1. The van der Waals surface area contributed by atoms with E-state index in [0.717, 1.165) is 25.2 Å². The molecule has 2 saturated carbocycles. The van der Waals surface area contributed by atoms with Gasteiger partial charge in [0.05, 0.1) is 0 Å². The number of carbonyl (C=O) groups is 2. The Labute approximate surface area is 169 Å². The van der Waals surface area contributed by atoms with E-state index in [9.17, 15) is 9.59 Å². The van der Waals surface area contributed by atoms with Gasteiger partial charge in [0.25, 0.3) is 0 Å². The van der Waals surface area contributed by atoms with Crippen molar-refractivity contribution in [2.75, 3.05) is 10.6 Å². The van der Waals surface area contributed by atoms with Gasteiger partial charge in [0, 0.05) is 29.7 Å². The average Bonchev–Trinajstić information content (AvgIpc) is 3.09. The summed E-state index contributed by atoms with van der Waals surface area (Å²) in [5.41, 5.74) is 1.49. The van der Waals surface area contributed by atoms with E-state index in [1.807, 2.05) is 0 Å². The molecule has 2 aliphatic rings. The number of anilines is 2. The quantitative estimate of drug-likeness (QED) is 0.537. The predicted octanol–water partition coefficient (Wildman–Crippen LogP) is 5.17. The Bertz CT molecular complexity index is 884. The van der Waals surface area contributed by atoms with Crippen LogP contribution in [-0.4, -0.2) is 21.8 Å². The van der Waals surface area contributed by atoms with Gasteiger partial charge in [-0.25, -0.2) is 9.78 Å². The first kappa shape index (κ1) is 18.9. The number of aromatic nitrogens is 2. The summed E-state index contributed by atoms with van der Waals surface area (Å²) >= 11 is 5.82. The third kappa shape index (κ3) is 4.33. The van der Waals surface area contributed by atoms with Crippen LogP contribution in [0.1, 0.15) is 49.0 Å². The second-order valence-electron chi connectivity index (χ2n) is 7.70. The molecule has 2 heterocycles. The van der Waals surface area contributed by atoms with Gasteiger partial charge in [-0.05, 0) is 55.4 Å². The fourth-order valence-corrected chi connectivity index (χ4v) is 4.39. The summed E-state index contributed by atoms with van der Waals surface area (Å²) in [5, 5.41) is 5.72. The summed E-state index contributed by atoms with van der Waals surface area (Å²) in [4.78, 5) is 33.2. The summed E-state index contributed by atoms with van der Waals surface area (Å²) in [5.74, 6) is 1.67. The minimum atomic E-state index is -0.419. The van der Waals surface area contributed by atoms with Gasteiger partial charge in [-0.3, -0.25) is 9.78 Å². The molecule has 146 valence electrons. The van der Waals surface area contributed by atoms with Crippen LogP contribution < -0.4 is 10.6 Å². The number of pyridine rings is 2. The first-order valence-corrected chi connectivity index (χ1v) is 10.2. The molecule has 0 aliphatic heterocycles. The second-order valence-corrected chi connectivity index (χ2v) is 8.09. The highest BCUT2D eigenvalue weighted by Gasteiger charge is 2.37. The van der Waals surface area contributed by atoms with E-state index in [2.05, 4.69) is 20.6 Å². The number of nitrogens with one attached hydrogen (secondary N) is 2. The van der Waals surface area contributed by atoms with Crippen molar-refractivity contribution < 1.29 is 9.59 Å². The highest BCUT2D eigenvalue weighted by Crippen LogP contribution is 2.44. The largest absolute Gasteiger partial charge is 0.323 e. The Morgan fingerprint density at radius 2 is 1.64 bits per heavy atom. The molecule has 2 N–H and O–H groups in total. The van der Waals surface area contributed by atoms with Crippen LogP contribution in [0.2, 0.25) is 5.15 Å². The van der Waals surface area contributed by atoms with Crippen LogP contribution in [0.3, 0.4) is 0 Å². The van der Waals surface area contributed by atoms with Crippen molar-refractivity contribution in [2.45, 2.75) is 38.5 Å². The van der Waals surface area contributed by atoms with E-state index in [1.165, 1.54) is 25.5 Å². The molecule has 2 fully saturated rings. The lowest BCUT2D eigenvalue weighted by molar-refractivity contribution is 0.0908. The predicted molar refractivity (Wildman–Crippen MR) is 109 cm³/mol. The molecule has 2 aliphatic carbocycles. The monoisotopic (exact) mass is 398 g/mol. The molecule has 2 atom stereocenters. The maximum atomic E-state index is 12.9. The Hall–Kier alpha value is -2.47. The van der Waals surface area contributed by atoms with E-state index >= 15 is 0 Å². The molecule has 28 heavy (non-hydrogen) atoms. The number of hydrogen-bond donors (Lipinski definition) is 2. The molecule has 7 heteroatoms. The smallest absolute Gasteiger partial charge is 0.308 e. The fourth-order valence-electron chi connectivity index (χ4n) is 4.22.